The van der Waals surface area contributed by atoms with E-state index in [0.717, 1.165) is 23.4 Å². The number of hydrogen-bond donors (Lipinski definition) is 3. The standard InChI is InChI=1S/C11H14N2O2/c12-6-1-2-8-7(3-6)11-4-9(13-8)10(14)5-15-11/h1-3,9-11,13-14H,4-5,12H2/t9-,10+,11+/m0/s1. The maximum Gasteiger partial charge on any atom is 0.0975 e. The fourth-order valence-electron chi connectivity index (χ4n) is 2.34. The predicted molar refractivity (Wildman–Crippen MR) is 57.6 cm³/mol. The van der Waals surface area contributed by atoms with Crippen molar-refractivity contribution in [3.8, 4) is 0 Å². The lowest BCUT2D eigenvalue weighted by molar-refractivity contribution is -0.0672. The Kier molecular flexibility index (Phi) is 1.87. The number of aliphatic hydroxyl groups is 1. The lowest BCUT2D eigenvalue weighted by Crippen LogP contribution is -2.45. The molecule has 4 nitrogen and oxygen atoms in total. The minimum atomic E-state index is -0.410. The molecule has 0 unspecified atom stereocenters. The van der Waals surface area contributed by atoms with E-state index in [9.17, 15) is 5.11 Å². The van der Waals surface area contributed by atoms with E-state index in [1.165, 1.54) is 0 Å². The fourth-order valence-corrected chi connectivity index (χ4v) is 2.34. The van der Waals surface area contributed by atoms with Crippen LogP contribution >= 0.6 is 0 Å². The molecule has 0 spiro atoms. The quantitative estimate of drug-likeness (QED) is 0.551. The number of hydrogen-bond acceptors (Lipinski definition) is 4. The topological polar surface area (TPSA) is 67.5 Å². The molecule has 1 fully saturated rings. The zero-order chi connectivity index (χ0) is 10.4. The number of benzene rings is 1. The summed E-state index contributed by atoms with van der Waals surface area (Å²) in [6.45, 7) is 0.399. The van der Waals surface area contributed by atoms with Crippen molar-refractivity contribution >= 4 is 11.4 Å². The molecular weight excluding hydrogens is 192 g/mol. The van der Waals surface area contributed by atoms with Crippen LogP contribution in [0.3, 0.4) is 0 Å². The second kappa shape index (κ2) is 3.12. The van der Waals surface area contributed by atoms with Gasteiger partial charge in [0.25, 0.3) is 0 Å². The summed E-state index contributed by atoms with van der Waals surface area (Å²) < 4.78 is 5.60. The van der Waals surface area contributed by atoms with Crippen molar-refractivity contribution in [3.63, 3.8) is 0 Å². The smallest absolute Gasteiger partial charge is 0.0975 e. The van der Waals surface area contributed by atoms with Gasteiger partial charge in [-0.2, -0.15) is 0 Å². The summed E-state index contributed by atoms with van der Waals surface area (Å²) in [7, 11) is 0. The molecular formula is C11H14N2O2. The van der Waals surface area contributed by atoms with Gasteiger partial charge in [0, 0.05) is 23.4 Å². The Hall–Kier alpha value is -1.26. The van der Waals surface area contributed by atoms with Crippen LogP contribution in [-0.4, -0.2) is 23.9 Å². The van der Waals surface area contributed by atoms with Gasteiger partial charge in [0.05, 0.1) is 24.9 Å². The third kappa shape index (κ3) is 1.37. The monoisotopic (exact) mass is 206 g/mol. The molecule has 1 aromatic carbocycles. The van der Waals surface area contributed by atoms with Crippen LogP contribution in [0.1, 0.15) is 18.1 Å². The van der Waals surface area contributed by atoms with Crippen LogP contribution in [0, 0.1) is 0 Å². The van der Waals surface area contributed by atoms with Crippen molar-refractivity contribution in [1.29, 1.82) is 0 Å². The molecule has 2 heterocycles. The van der Waals surface area contributed by atoms with Crippen molar-refractivity contribution in [2.24, 2.45) is 0 Å². The molecule has 4 heteroatoms. The van der Waals surface area contributed by atoms with Gasteiger partial charge in [-0.15, -0.1) is 0 Å². The van der Waals surface area contributed by atoms with E-state index in [1.807, 2.05) is 18.2 Å². The van der Waals surface area contributed by atoms with Gasteiger partial charge in [0.1, 0.15) is 0 Å². The van der Waals surface area contributed by atoms with E-state index in [-0.39, 0.29) is 12.1 Å². The zero-order valence-corrected chi connectivity index (χ0v) is 8.31. The van der Waals surface area contributed by atoms with E-state index in [2.05, 4.69) is 5.32 Å². The Morgan fingerprint density at radius 1 is 1.47 bits per heavy atom. The first-order valence-corrected chi connectivity index (χ1v) is 5.19. The van der Waals surface area contributed by atoms with Crippen LogP contribution in [-0.2, 0) is 4.74 Å². The molecule has 0 amide bonds. The lowest BCUT2D eigenvalue weighted by Gasteiger charge is -2.40. The molecule has 80 valence electrons. The molecule has 0 aliphatic carbocycles. The Morgan fingerprint density at radius 2 is 2.33 bits per heavy atom. The van der Waals surface area contributed by atoms with Crippen molar-refractivity contribution < 1.29 is 9.84 Å². The molecule has 0 aromatic heterocycles. The molecule has 0 radical (unpaired) electrons. The first-order valence-electron chi connectivity index (χ1n) is 5.19. The van der Waals surface area contributed by atoms with E-state index in [4.69, 9.17) is 10.5 Å². The average Bonchev–Trinajstić information content (AvgIpc) is 2.24. The number of rotatable bonds is 0. The van der Waals surface area contributed by atoms with Crippen molar-refractivity contribution in [2.45, 2.75) is 24.7 Å². The molecule has 3 atom stereocenters. The third-order valence-electron chi connectivity index (χ3n) is 3.16. The molecule has 3 rings (SSSR count). The minimum absolute atomic E-state index is 0.0816. The number of aliphatic hydroxyl groups excluding tert-OH is 1. The van der Waals surface area contributed by atoms with Crippen LogP contribution in [0.5, 0.6) is 0 Å². The summed E-state index contributed by atoms with van der Waals surface area (Å²) in [4.78, 5) is 0. The minimum Gasteiger partial charge on any atom is -0.399 e. The van der Waals surface area contributed by atoms with Gasteiger partial charge in [-0.25, -0.2) is 0 Å². The molecule has 2 bridgehead atoms. The second-order valence-electron chi connectivity index (χ2n) is 4.22. The Labute approximate surface area is 88.0 Å². The number of nitrogen functional groups attached to an aromatic ring is 1. The van der Waals surface area contributed by atoms with Gasteiger partial charge in [-0.3, -0.25) is 0 Å². The maximum absolute atomic E-state index is 9.69. The largest absolute Gasteiger partial charge is 0.399 e. The van der Waals surface area contributed by atoms with Gasteiger partial charge >= 0.3 is 0 Å². The van der Waals surface area contributed by atoms with Gasteiger partial charge in [-0.1, -0.05) is 0 Å². The van der Waals surface area contributed by atoms with Crippen LogP contribution < -0.4 is 11.1 Å². The van der Waals surface area contributed by atoms with Crippen LogP contribution in [0.2, 0.25) is 0 Å². The second-order valence-corrected chi connectivity index (χ2v) is 4.22. The SMILES string of the molecule is Nc1ccc2c(c1)[C@H]1C[C@H](N2)[C@H](O)CO1. The molecule has 1 saturated heterocycles. The molecule has 15 heavy (non-hydrogen) atoms. The van der Waals surface area contributed by atoms with Crippen LogP contribution in [0.4, 0.5) is 11.4 Å². The summed E-state index contributed by atoms with van der Waals surface area (Å²) in [5.41, 5.74) is 8.64. The van der Waals surface area contributed by atoms with Gasteiger partial charge < -0.3 is 20.9 Å². The maximum atomic E-state index is 9.69. The predicted octanol–water partition coefficient (Wildman–Crippen LogP) is 0.885. The normalized spacial score (nSPS) is 33.0. The summed E-state index contributed by atoms with van der Waals surface area (Å²) in [6.07, 6.45) is 0.488. The van der Waals surface area contributed by atoms with Crippen molar-refractivity contribution in [1.82, 2.24) is 0 Å². The number of anilines is 2. The fraction of sp³-hybridized carbons (Fsp3) is 0.455. The molecule has 2 aliphatic rings. The summed E-state index contributed by atoms with van der Waals surface area (Å²) in [5.74, 6) is 0. The van der Waals surface area contributed by atoms with E-state index in [0.29, 0.717) is 6.61 Å². The number of nitrogens with one attached hydrogen (secondary N) is 1. The summed E-state index contributed by atoms with van der Waals surface area (Å²) >= 11 is 0. The van der Waals surface area contributed by atoms with Crippen molar-refractivity contribution in [2.75, 3.05) is 17.7 Å². The highest BCUT2D eigenvalue weighted by atomic mass is 16.5. The van der Waals surface area contributed by atoms with Gasteiger partial charge in [-0.05, 0) is 18.2 Å². The van der Waals surface area contributed by atoms with Gasteiger partial charge in [0.2, 0.25) is 0 Å². The highest BCUT2D eigenvalue weighted by Gasteiger charge is 2.36. The van der Waals surface area contributed by atoms with Crippen LogP contribution in [0.15, 0.2) is 18.2 Å². The number of ether oxygens (including phenoxy) is 1. The molecule has 2 aliphatic heterocycles. The number of nitrogens with two attached hydrogens (primary N) is 1. The summed E-state index contributed by atoms with van der Waals surface area (Å²) in [6, 6.07) is 5.87. The first kappa shape index (κ1) is 9.00. The number of fused-ring (bicyclic) bond motifs is 4. The first-order chi connectivity index (χ1) is 7.24. The van der Waals surface area contributed by atoms with E-state index < -0.39 is 6.10 Å². The third-order valence-corrected chi connectivity index (χ3v) is 3.16. The van der Waals surface area contributed by atoms with Crippen molar-refractivity contribution in [3.05, 3.63) is 23.8 Å². The molecule has 4 N–H and O–H groups in total. The summed E-state index contributed by atoms with van der Waals surface area (Å²) in [5, 5.41) is 13.0. The van der Waals surface area contributed by atoms with Crippen LogP contribution in [0.25, 0.3) is 0 Å². The Balaban J connectivity index is 2.03. The highest BCUT2D eigenvalue weighted by Crippen LogP contribution is 2.39. The lowest BCUT2D eigenvalue weighted by atomic mass is 9.90. The molecule has 0 saturated carbocycles. The highest BCUT2D eigenvalue weighted by molar-refractivity contribution is 5.61. The average molecular weight is 206 g/mol. The molecule has 1 aromatic rings. The Morgan fingerprint density at radius 3 is 3.20 bits per heavy atom. The van der Waals surface area contributed by atoms with Gasteiger partial charge in [0.15, 0.2) is 0 Å². The van der Waals surface area contributed by atoms with E-state index >= 15 is 0 Å². The Bertz CT molecular complexity index is 394. The zero-order valence-electron chi connectivity index (χ0n) is 8.31. The van der Waals surface area contributed by atoms with E-state index in [1.54, 1.807) is 0 Å².